The van der Waals surface area contributed by atoms with E-state index >= 15 is 4.79 Å². The summed E-state index contributed by atoms with van der Waals surface area (Å²) in [7, 11) is 0. The summed E-state index contributed by atoms with van der Waals surface area (Å²) in [6.45, 7) is 0.490. The first-order chi connectivity index (χ1) is 23.9. The second-order valence-electron chi connectivity index (χ2n) is 13.7. The Hall–Kier alpha value is -3.85. The van der Waals surface area contributed by atoms with Gasteiger partial charge < -0.3 is 39.4 Å². The number of hydrogen-bond acceptors (Lipinski definition) is 11. The molecule has 1 saturated carbocycles. The summed E-state index contributed by atoms with van der Waals surface area (Å²) in [5, 5.41) is 22.6. The van der Waals surface area contributed by atoms with E-state index in [4.69, 9.17) is 28.9 Å². The van der Waals surface area contributed by atoms with Crippen LogP contribution in [0.15, 0.2) is 54.8 Å². The number of hydrogen-bond donors (Lipinski definition) is 3. The van der Waals surface area contributed by atoms with E-state index in [0.29, 0.717) is 32.2 Å². The molecule has 6 aliphatic rings. The third-order valence-electron chi connectivity index (χ3n) is 10.8. The molecule has 0 radical (unpaired) electrons. The van der Waals surface area contributed by atoms with Gasteiger partial charge in [-0.3, -0.25) is 19.2 Å². The summed E-state index contributed by atoms with van der Waals surface area (Å²) in [6.07, 6.45) is 2.65. The van der Waals surface area contributed by atoms with E-state index in [1.54, 1.807) is 16.0 Å². The molecule has 4 saturated heterocycles. The van der Waals surface area contributed by atoms with E-state index in [9.17, 15) is 14.7 Å². The first-order valence-corrected chi connectivity index (χ1v) is 17.1. The van der Waals surface area contributed by atoms with Crippen LogP contribution in [0.25, 0.3) is 6.08 Å². The molecule has 13 nitrogen and oxygen atoms in total. The minimum atomic E-state index is -1.39. The number of nitrogens with zero attached hydrogens (tertiary/aromatic N) is 2. The Labute approximate surface area is 283 Å². The van der Waals surface area contributed by atoms with Crippen molar-refractivity contribution in [2.45, 2.75) is 80.9 Å². The largest absolute Gasteiger partial charge is 0.499 e. The first-order valence-electron chi connectivity index (χ1n) is 17.1. The number of carbonyl (C=O) groups excluding carboxylic acids is 3. The highest BCUT2D eigenvalue weighted by Gasteiger charge is 2.77. The number of amides is 2. The van der Waals surface area contributed by atoms with Crippen LogP contribution in [0.4, 0.5) is 0 Å². The van der Waals surface area contributed by atoms with E-state index in [1.807, 2.05) is 36.4 Å². The fourth-order valence-corrected chi connectivity index (χ4v) is 8.81. The summed E-state index contributed by atoms with van der Waals surface area (Å²) >= 11 is 0. The van der Waals surface area contributed by atoms with Crippen LogP contribution in [0.1, 0.15) is 41.5 Å². The fourth-order valence-electron chi connectivity index (χ4n) is 8.81. The quantitative estimate of drug-likeness (QED) is 0.186. The Balaban J connectivity index is 1.14. The molecule has 2 aromatic rings. The highest BCUT2D eigenvalue weighted by molar-refractivity contribution is 5.96. The standard InChI is InChI=1S/C36H41N3O10/c40-13-11-37-32(42)26-9-4-12-38(26)34(44)36-20-27-28-29(48-35(47-28)18-24-7-1-2-8-25(24)19-35)31(36)49-39(30(36)33(43)46-27)21-23-6-3-5-22(17-23)10-15-45-16-14-41/h1-3,5-8,10,15,17,26-31,40-41H,4,9,11-14,16,18-21H2,(H,37,42). The van der Waals surface area contributed by atoms with E-state index < -0.39 is 53.7 Å². The van der Waals surface area contributed by atoms with Crippen LogP contribution in [0, 0.1) is 5.41 Å². The average Bonchev–Trinajstić information content (AvgIpc) is 3.89. The topological polar surface area (TPSA) is 156 Å². The average molecular weight is 676 g/mol. The smallest absolute Gasteiger partial charge is 0.327 e. The summed E-state index contributed by atoms with van der Waals surface area (Å²) in [6, 6.07) is 13.9. The maximum absolute atomic E-state index is 15.1. The number of ether oxygens (including phenoxy) is 4. The van der Waals surface area contributed by atoms with Gasteiger partial charge in [-0.05, 0) is 41.2 Å². The van der Waals surface area contributed by atoms with Gasteiger partial charge in [0.05, 0.1) is 26.0 Å². The molecule has 2 aromatic carbocycles. The Bertz CT molecular complexity index is 1630. The van der Waals surface area contributed by atoms with Crippen molar-refractivity contribution in [2.75, 3.05) is 32.9 Å². The third-order valence-corrected chi connectivity index (χ3v) is 10.8. The predicted octanol–water partition coefficient (Wildman–Crippen LogP) is 0.845. The lowest BCUT2D eigenvalue weighted by Crippen LogP contribution is -2.70. The molecule has 2 aliphatic carbocycles. The molecule has 2 bridgehead atoms. The van der Waals surface area contributed by atoms with Gasteiger partial charge in [0, 0.05) is 32.4 Å². The summed E-state index contributed by atoms with van der Waals surface area (Å²) in [5.41, 5.74) is 2.53. The van der Waals surface area contributed by atoms with E-state index in [-0.39, 0.29) is 51.1 Å². The second kappa shape index (κ2) is 12.8. The lowest BCUT2D eigenvalue weighted by atomic mass is 9.62. The normalized spacial score (nSPS) is 32.4. The van der Waals surface area contributed by atoms with Gasteiger partial charge >= 0.3 is 5.97 Å². The van der Waals surface area contributed by atoms with Crippen LogP contribution in [-0.4, -0.2) is 113 Å². The maximum Gasteiger partial charge on any atom is 0.327 e. The van der Waals surface area contributed by atoms with Crippen molar-refractivity contribution in [1.82, 2.24) is 15.3 Å². The van der Waals surface area contributed by atoms with Crippen molar-refractivity contribution in [3.63, 3.8) is 0 Å². The van der Waals surface area contributed by atoms with Crippen LogP contribution in [-0.2, 0) is 57.6 Å². The number of aliphatic hydroxyl groups is 2. The summed E-state index contributed by atoms with van der Waals surface area (Å²) in [5.74, 6) is -2.21. The van der Waals surface area contributed by atoms with Gasteiger partial charge in [0.15, 0.2) is 11.8 Å². The van der Waals surface area contributed by atoms with Gasteiger partial charge in [0.1, 0.15) is 42.5 Å². The predicted molar refractivity (Wildman–Crippen MR) is 171 cm³/mol. The number of fused-ring (bicyclic) bond motifs is 5. The second-order valence-corrected chi connectivity index (χ2v) is 13.7. The van der Waals surface area contributed by atoms with Crippen molar-refractivity contribution in [3.8, 4) is 0 Å². The molecule has 1 spiro atoms. The number of benzene rings is 2. The van der Waals surface area contributed by atoms with Crippen LogP contribution >= 0.6 is 0 Å². The zero-order valence-corrected chi connectivity index (χ0v) is 27.1. The number of nitrogens with one attached hydrogen (secondary N) is 1. The zero-order chi connectivity index (χ0) is 33.8. The van der Waals surface area contributed by atoms with Crippen LogP contribution in [0.5, 0.6) is 0 Å². The summed E-state index contributed by atoms with van der Waals surface area (Å²) in [4.78, 5) is 50.7. The SMILES string of the molecule is O=C(NCCO)C1CCCN1C(=O)C12CC3OC(=O)C1N(Cc1cccc(C=COCCO)c1)OC2C1OC2(Cc4ccccc4C2)OC31. The molecule has 0 aromatic heterocycles. The number of likely N-dealkylation sites (tertiary alicyclic amines) is 1. The van der Waals surface area contributed by atoms with Crippen molar-refractivity contribution >= 4 is 23.9 Å². The Morgan fingerprint density at radius 2 is 1.84 bits per heavy atom. The maximum atomic E-state index is 15.1. The molecular weight excluding hydrogens is 634 g/mol. The Kier molecular flexibility index (Phi) is 8.45. The number of hydroxylamine groups is 2. The van der Waals surface area contributed by atoms with Crippen molar-refractivity contribution < 1.29 is 48.4 Å². The van der Waals surface area contributed by atoms with Crippen LogP contribution in [0.3, 0.4) is 0 Å². The third kappa shape index (κ3) is 5.43. The van der Waals surface area contributed by atoms with E-state index in [2.05, 4.69) is 17.4 Å². The van der Waals surface area contributed by atoms with Gasteiger partial charge in [0.25, 0.3) is 0 Å². The fraction of sp³-hybridized carbons (Fsp3) is 0.528. The van der Waals surface area contributed by atoms with Crippen molar-refractivity contribution in [3.05, 3.63) is 77.0 Å². The highest BCUT2D eigenvalue weighted by atomic mass is 16.8. The molecule has 3 N–H and O–H groups in total. The van der Waals surface area contributed by atoms with Gasteiger partial charge in [-0.1, -0.05) is 48.5 Å². The molecule has 4 heterocycles. The molecular formula is C36H41N3O10. The highest BCUT2D eigenvalue weighted by Crippen LogP contribution is 2.59. The molecule has 49 heavy (non-hydrogen) atoms. The molecule has 7 unspecified atom stereocenters. The molecule has 7 atom stereocenters. The van der Waals surface area contributed by atoms with Gasteiger partial charge in [0.2, 0.25) is 11.8 Å². The molecule has 8 rings (SSSR count). The minimum absolute atomic E-state index is 0.0836. The minimum Gasteiger partial charge on any atom is -0.499 e. The Morgan fingerprint density at radius 3 is 2.61 bits per heavy atom. The first kappa shape index (κ1) is 32.4. The van der Waals surface area contributed by atoms with Crippen molar-refractivity contribution in [2.24, 2.45) is 5.41 Å². The van der Waals surface area contributed by atoms with E-state index in [0.717, 1.165) is 22.3 Å². The summed E-state index contributed by atoms with van der Waals surface area (Å²) < 4.78 is 25.0. The lowest BCUT2D eigenvalue weighted by Gasteiger charge is -2.50. The van der Waals surface area contributed by atoms with E-state index in [1.165, 1.54) is 6.26 Å². The van der Waals surface area contributed by atoms with Gasteiger partial charge in [-0.25, -0.2) is 0 Å². The number of aliphatic hydroxyl groups excluding tert-OH is 2. The molecule has 2 amide bonds. The van der Waals surface area contributed by atoms with Crippen LogP contribution in [0.2, 0.25) is 0 Å². The van der Waals surface area contributed by atoms with Crippen molar-refractivity contribution in [1.29, 1.82) is 0 Å². The number of rotatable bonds is 10. The monoisotopic (exact) mass is 675 g/mol. The van der Waals surface area contributed by atoms with Gasteiger partial charge in [-0.2, -0.15) is 5.06 Å². The molecule has 260 valence electrons. The zero-order valence-electron chi connectivity index (χ0n) is 27.1. The number of esters is 1. The van der Waals surface area contributed by atoms with Gasteiger partial charge in [-0.15, -0.1) is 0 Å². The molecule has 13 heteroatoms. The lowest BCUT2D eigenvalue weighted by molar-refractivity contribution is -0.218. The number of carbonyl (C=O) groups is 3. The Morgan fingerprint density at radius 1 is 1.04 bits per heavy atom. The molecule has 5 fully saturated rings. The van der Waals surface area contributed by atoms with Crippen LogP contribution < -0.4 is 5.32 Å². The molecule has 4 aliphatic heterocycles.